The predicted octanol–water partition coefficient (Wildman–Crippen LogP) is 8.14. The second kappa shape index (κ2) is 11.3. The summed E-state index contributed by atoms with van der Waals surface area (Å²) in [5, 5.41) is 4.45. The summed E-state index contributed by atoms with van der Waals surface area (Å²) in [6.07, 6.45) is 3.90. The number of aromatic nitrogens is 1. The van der Waals surface area contributed by atoms with Crippen LogP contribution >= 0.6 is 35.6 Å². The third-order valence-corrected chi connectivity index (χ3v) is 8.19. The zero-order valence-corrected chi connectivity index (χ0v) is 23.8. The molecule has 0 atom stereocenters. The highest BCUT2D eigenvalue weighted by molar-refractivity contribution is 8.27. The van der Waals surface area contributed by atoms with Crippen LogP contribution < -0.4 is 10.2 Å². The Morgan fingerprint density at radius 1 is 0.976 bits per heavy atom. The topological polar surface area (TPSA) is 54.3 Å². The Morgan fingerprint density at radius 2 is 1.73 bits per heavy atom. The van der Waals surface area contributed by atoms with Crippen LogP contribution in [-0.2, 0) is 11.3 Å². The lowest BCUT2D eigenvalue weighted by Crippen LogP contribution is -2.27. The summed E-state index contributed by atoms with van der Waals surface area (Å²) < 4.78 is 15.7. The molecular formula is C32H21ClFN3O2S2. The van der Waals surface area contributed by atoms with Crippen LogP contribution in [0.15, 0.2) is 108 Å². The van der Waals surface area contributed by atoms with E-state index in [0.717, 1.165) is 22.0 Å². The highest BCUT2D eigenvalue weighted by atomic mass is 35.5. The molecular weight excluding hydrogens is 577 g/mol. The molecule has 1 N–H and O–H groups in total. The Kier molecular flexibility index (Phi) is 7.45. The standard InChI is InChI=1S/C32H21ClFN3O2S2/c33-23-10-8-20(9-11-23)18-36-19-22(27-6-1-2-7-28(27)36)17-29-31(39)37(32(40)41-29)26-5-3-4-21(16-26)30(38)35-25-14-12-24(34)13-15-25/h1-17,19H,18H2,(H,35,38)/b29-17+. The van der Waals surface area contributed by atoms with Gasteiger partial charge in [0.15, 0.2) is 4.32 Å². The lowest BCUT2D eigenvalue weighted by atomic mass is 10.1. The first kappa shape index (κ1) is 27.0. The summed E-state index contributed by atoms with van der Waals surface area (Å²) in [7, 11) is 0. The Bertz CT molecular complexity index is 1850. The van der Waals surface area contributed by atoms with Crippen LogP contribution in [-0.4, -0.2) is 20.7 Å². The molecule has 5 aromatic rings. The van der Waals surface area contributed by atoms with Gasteiger partial charge in [-0.1, -0.05) is 72.0 Å². The number of hydrogen-bond donors (Lipinski definition) is 1. The normalized spacial score (nSPS) is 14.3. The number of nitrogens with one attached hydrogen (secondary N) is 1. The van der Waals surface area contributed by atoms with Crippen molar-refractivity contribution in [1.82, 2.24) is 4.57 Å². The fraction of sp³-hybridized carbons (Fsp3) is 0.0312. The molecule has 4 aromatic carbocycles. The first-order chi connectivity index (χ1) is 19.9. The van der Waals surface area contributed by atoms with Crippen LogP contribution in [0.2, 0.25) is 5.02 Å². The van der Waals surface area contributed by atoms with Gasteiger partial charge in [0.2, 0.25) is 0 Å². The zero-order valence-electron chi connectivity index (χ0n) is 21.4. The molecule has 0 unspecified atom stereocenters. The number of fused-ring (bicyclic) bond motifs is 1. The molecule has 0 spiro atoms. The summed E-state index contributed by atoms with van der Waals surface area (Å²) in [4.78, 5) is 28.4. The highest BCUT2D eigenvalue weighted by Gasteiger charge is 2.34. The van der Waals surface area contributed by atoms with Crippen molar-refractivity contribution < 1.29 is 14.0 Å². The quantitative estimate of drug-likeness (QED) is 0.159. The van der Waals surface area contributed by atoms with Gasteiger partial charge in [0, 0.05) is 45.5 Å². The van der Waals surface area contributed by atoms with Gasteiger partial charge in [-0.15, -0.1) is 0 Å². The van der Waals surface area contributed by atoms with E-state index in [9.17, 15) is 14.0 Å². The maximum Gasteiger partial charge on any atom is 0.270 e. The Balaban J connectivity index is 1.27. The summed E-state index contributed by atoms with van der Waals surface area (Å²) in [6.45, 7) is 0.652. The molecule has 2 heterocycles. The number of thioether (sulfide) groups is 1. The smallest absolute Gasteiger partial charge is 0.270 e. The van der Waals surface area contributed by atoms with Gasteiger partial charge in [0.05, 0.1) is 10.6 Å². The summed E-state index contributed by atoms with van der Waals surface area (Å²) in [5.74, 6) is -1.03. The van der Waals surface area contributed by atoms with Crippen LogP contribution in [0.5, 0.6) is 0 Å². The maximum absolute atomic E-state index is 13.6. The molecule has 9 heteroatoms. The molecule has 1 saturated heterocycles. The van der Waals surface area contributed by atoms with Gasteiger partial charge in [-0.2, -0.15) is 0 Å². The van der Waals surface area contributed by atoms with Gasteiger partial charge in [0.25, 0.3) is 11.8 Å². The molecule has 41 heavy (non-hydrogen) atoms. The van der Waals surface area contributed by atoms with Crippen LogP contribution in [0.3, 0.4) is 0 Å². The van der Waals surface area contributed by atoms with E-state index in [2.05, 4.69) is 16.0 Å². The van der Waals surface area contributed by atoms with E-state index in [1.807, 2.05) is 54.7 Å². The van der Waals surface area contributed by atoms with E-state index in [1.165, 1.54) is 40.9 Å². The van der Waals surface area contributed by atoms with E-state index in [-0.39, 0.29) is 11.8 Å². The number of hydrogen-bond acceptors (Lipinski definition) is 4. The average molecular weight is 598 g/mol. The SMILES string of the molecule is O=C(Nc1ccc(F)cc1)c1cccc(N2C(=O)/C(=C\c3cn(Cc4ccc(Cl)cc4)c4ccccc34)SC2=S)c1. The van der Waals surface area contributed by atoms with Crippen molar-refractivity contribution in [2.45, 2.75) is 6.54 Å². The van der Waals surface area contributed by atoms with Crippen LogP contribution in [0, 0.1) is 5.82 Å². The largest absolute Gasteiger partial charge is 0.342 e. The Hall–Kier alpha value is -4.24. The molecule has 6 rings (SSSR count). The Morgan fingerprint density at radius 3 is 2.51 bits per heavy atom. The molecule has 0 aliphatic carbocycles. The van der Waals surface area contributed by atoms with Crippen molar-refractivity contribution in [2.75, 3.05) is 10.2 Å². The van der Waals surface area contributed by atoms with E-state index in [1.54, 1.807) is 24.3 Å². The minimum absolute atomic E-state index is 0.259. The van der Waals surface area contributed by atoms with Crippen molar-refractivity contribution in [1.29, 1.82) is 0 Å². The van der Waals surface area contributed by atoms with E-state index in [4.69, 9.17) is 23.8 Å². The first-order valence-electron chi connectivity index (χ1n) is 12.6. The molecule has 2 amide bonds. The van der Waals surface area contributed by atoms with Crippen molar-refractivity contribution in [3.8, 4) is 0 Å². The predicted molar refractivity (Wildman–Crippen MR) is 169 cm³/mol. The number of thiocarbonyl (C=S) groups is 1. The number of carbonyl (C=O) groups excluding carboxylic acids is 2. The van der Waals surface area contributed by atoms with Crippen LogP contribution in [0.25, 0.3) is 17.0 Å². The number of carbonyl (C=O) groups is 2. The van der Waals surface area contributed by atoms with E-state index in [0.29, 0.717) is 37.7 Å². The first-order valence-corrected chi connectivity index (χ1v) is 14.2. The second-order valence-corrected chi connectivity index (χ2v) is 11.5. The number of amides is 2. The molecule has 0 radical (unpaired) electrons. The fourth-order valence-corrected chi connectivity index (χ4v) is 6.08. The molecule has 5 nitrogen and oxygen atoms in total. The monoisotopic (exact) mass is 597 g/mol. The third-order valence-electron chi connectivity index (χ3n) is 6.63. The summed E-state index contributed by atoms with van der Waals surface area (Å²) in [5.41, 5.74) is 4.36. The number of halogens is 2. The van der Waals surface area contributed by atoms with Crippen molar-refractivity contribution in [2.24, 2.45) is 0 Å². The average Bonchev–Trinajstić information content (AvgIpc) is 3.46. The van der Waals surface area contributed by atoms with Gasteiger partial charge in [0.1, 0.15) is 5.82 Å². The Labute approximate surface area is 250 Å². The maximum atomic E-state index is 13.6. The second-order valence-electron chi connectivity index (χ2n) is 9.38. The van der Waals surface area contributed by atoms with Gasteiger partial charge in [-0.05, 0) is 72.3 Å². The zero-order chi connectivity index (χ0) is 28.5. The minimum Gasteiger partial charge on any atom is -0.342 e. The van der Waals surface area contributed by atoms with Crippen molar-refractivity contribution in [3.63, 3.8) is 0 Å². The van der Waals surface area contributed by atoms with Crippen molar-refractivity contribution in [3.05, 3.63) is 136 Å². The highest BCUT2D eigenvalue weighted by Crippen LogP contribution is 2.37. The molecule has 0 bridgehead atoms. The molecule has 202 valence electrons. The minimum atomic E-state index is -0.390. The van der Waals surface area contributed by atoms with E-state index < -0.39 is 5.82 Å². The number of anilines is 2. The lowest BCUT2D eigenvalue weighted by molar-refractivity contribution is -0.113. The van der Waals surface area contributed by atoms with Crippen LogP contribution in [0.4, 0.5) is 15.8 Å². The molecule has 1 aromatic heterocycles. The van der Waals surface area contributed by atoms with E-state index >= 15 is 0 Å². The number of nitrogens with zero attached hydrogens (tertiary/aromatic N) is 2. The molecule has 1 aliphatic heterocycles. The third kappa shape index (κ3) is 5.67. The summed E-state index contributed by atoms with van der Waals surface area (Å²) >= 11 is 12.9. The van der Waals surface area contributed by atoms with Gasteiger partial charge < -0.3 is 9.88 Å². The van der Waals surface area contributed by atoms with Crippen molar-refractivity contribution >= 4 is 80.1 Å². The number of rotatable bonds is 6. The molecule has 1 aliphatic rings. The van der Waals surface area contributed by atoms with Gasteiger partial charge in [-0.25, -0.2) is 4.39 Å². The number of benzene rings is 4. The molecule has 0 saturated carbocycles. The number of para-hydroxylation sites is 1. The van der Waals surface area contributed by atoms with Crippen LogP contribution in [0.1, 0.15) is 21.5 Å². The fourth-order valence-electron chi connectivity index (χ4n) is 4.66. The van der Waals surface area contributed by atoms with Gasteiger partial charge in [-0.3, -0.25) is 14.5 Å². The molecule has 1 fully saturated rings. The van der Waals surface area contributed by atoms with Gasteiger partial charge >= 0.3 is 0 Å². The summed E-state index contributed by atoms with van der Waals surface area (Å²) in [6, 6.07) is 28.0. The lowest BCUT2D eigenvalue weighted by Gasteiger charge is -2.15.